The number of carbonyl (C=O) groups is 2. The third-order valence-corrected chi connectivity index (χ3v) is 7.62. The van der Waals surface area contributed by atoms with Crippen molar-refractivity contribution in [3.8, 4) is 17.2 Å². The van der Waals surface area contributed by atoms with Gasteiger partial charge in [-0.15, -0.1) is 0 Å². The normalized spacial score (nSPS) is 18.8. The van der Waals surface area contributed by atoms with Gasteiger partial charge in [0, 0.05) is 38.3 Å². The molecule has 2 fully saturated rings. The first-order chi connectivity index (χ1) is 17.6. The van der Waals surface area contributed by atoms with Crippen LogP contribution in [-0.2, 0) is 11.2 Å². The van der Waals surface area contributed by atoms with Crippen molar-refractivity contribution in [3.63, 3.8) is 0 Å². The minimum Gasteiger partial charge on any atom is -0.496 e. The number of methoxy groups -OCH3 is 1. The summed E-state index contributed by atoms with van der Waals surface area (Å²) in [5, 5.41) is 3.20. The van der Waals surface area contributed by atoms with Crippen LogP contribution < -0.4 is 19.5 Å². The van der Waals surface area contributed by atoms with E-state index in [0.717, 1.165) is 30.6 Å². The van der Waals surface area contributed by atoms with E-state index in [2.05, 4.69) is 10.2 Å². The zero-order valence-electron chi connectivity index (χ0n) is 20.9. The summed E-state index contributed by atoms with van der Waals surface area (Å²) in [5.41, 5.74) is 1.70. The molecule has 1 aliphatic carbocycles. The van der Waals surface area contributed by atoms with Gasteiger partial charge in [0.25, 0.3) is 5.91 Å². The summed E-state index contributed by atoms with van der Waals surface area (Å²) in [6.07, 6.45) is 5.25. The first-order valence-electron chi connectivity index (χ1n) is 13.0. The van der Waals surface area contributed by atoms with E-state index in [1.807, 2.05) is 29.2 Å². The van der Waals surface area contributed by atoms with Gasteiger partial charge in [0.15, 0.2) is 11.5 Å². The van der Waals surface area contributed by atoms with Crippen LogP contribution in [0.4, 0.5) is 0 Å². The van der Waals surface area contributed by atoms with Gasteiger partial charge in [-0.25, -0.2) is 0 Å². The SMILES string of the molecule is COc1ccccc1CCNC(=O)C(C1CCCC1)N1CCN(C(=O)c2ccc3c(c2)OCO3)CC1. The maximum atomic E-state index is 13.4. The van der Waals surface area contributed by atoms with E-state index in [9.17, 15) is 9.59 Å². The summed E-state index contributed by atoms with van der Waals surface area (Å²) < 4.78 is 16.2. The average molecular weight is 494 g/mol. The molecule has 36 heavy (non-hydrogen) atoms. The Hall–Kier alpha value is -3.26. The molecule has 3 aliphatic rings. The standard InChI is InChI=1S/C28H35N3O5/c1-34-23-9-5-4-6-20(23)12-13-29-27(32)26(21-7-2-3-8-21)30-14-16-31(17-15-30)28(33)22-10-11-24-25(18-22)36-19-35-24/h4-6,9-11,18,21,26H,2-3,7-8,12-17,19H2,1H3,(H,29,32). The van der Waals surface area contributed by atoms with Gasteiger partial charge in [0.2, 0.25) is 12.7 Å². The minimum atomic E-state index is -0.145. The van der Waals surface area contributed by atoms with Crippen molar-refractivity contribution in [2.45, 2.75) is 38.1 Å². The number of nitrogens with zero attached hydrogens (tertiary/aromatic N) is 2. The van der Waals surface area contributed by atoms with Crippen LogP contribution >= 0.6 is 0 Å². The van der Waals surface area contributed by atoms with Crippen molar-refractivity contribution in [2.75, 3.05) is 46.6 Å². The lowest BCUT2D eigenvalue weighted by molar-refractivity contribution is -0.129. The Labute approximate surface area is 212 Å². The molecule has 1 saturated carbocycles. The predicted octanol–water partition coefficient (Wildman–Crippen LogP) is 3.10. The lowest BCUT2D eigenvalue weighted by Gasteiger charge is -2.40. The van der Waals surface area contributed by atoms with E-state index in [1.165, 1.54) is 12.8 Å². The minimum absolute atomic E-state index is 0.00775. The van der Waals surface area contributed by atoms with E-state index in [4.69, 9.17) is 14.2 Å². The Morgan fingerprint density at radius 2 is 1.78 bits per heavy atom. The molecule has 2 aromatic carbocycles. The number of benzene rings is 2. The molecule has 0 aromatic heterocycles. The number of fused-ring (bicyclic) bond motifs is 1. The second kappa shape index (κ2) is 11.2. The Morgan fingerprint density at radius 3 is 2.56 bits per heavy atom. The highest BCUT2D eigenvalue weighted by molar-refractivity contribution is 5.95. The zero-order valence-corrected chi connectivity index (χ0v) is 20.9. The number of piperazine rings is 1. The van der Waals surface area contributed by atoms with Crippen LogP contribution in [0.5, 0.6) is 17.2 Å². The van der Waals surface area contributed by atoms with Gasteiger partial charge < -0.3 is 24.4 Å². The van der Waals surface area contributed by atoms with E-state index < -0.39 is 0 Å². The molecular formula is C28H35N3O5. The quantitative estimate of drug-likeness (QED) is 0.609. The van der Waals surface area contributed by atoms with Crippen LogP contribution in [0, 0.1) is 5.92 Å². The van der Waals surface area contributed by atoms with Gasteiger partial charge in [0.1, 0.15) is 5.75 Å². The van der Waals surface area contributed by atoms with Crippen LogP contribution in [0.1, 0.15) is 41.6 Å². The maximum absolute atomic E-state index is 13.4. The fourth-order valence-corrected chi connectivity index (χ4v) is 5.70. The molecule has 0 bridgehead atoms. The van der Waals surface area contributed by atoms with E-state index >= 15 is 0 Å². The third-order valence-electron chi connectivity index (χ3n) is 7.62. The smallest absolute Gasteiger partial charge is 0.254 e. The number of amides is 2. The largest absolute Gasteiger partial charge is 0.496 e. The zero-order chi connectivity index (χ0) is 24.9. The van der Waals surface area contributed by atoms with Crippen LogP contribution in [0.3, 0.4) is 0 Å². The molecule has 0 radical (unpaired) electrons. The lowest BCUT2D eigenvalue weighted by Crippen LogP contribution is -2.58. The summed E-state index contributed by atoms with van der Waals surface area (Å²) in [7, 11) is 1.67. The molecule has 2 amide bonds. The van der Waals surface area contributed by atoms with Gasteiger partial charge in [-0.05, 0) is 55.0 Å². The average Bonchev–Trinajstić information content (AvgIpc) is 3.61. The van der Waals surface area contributed by atoms with Gasteiger partial charge in [-0.2, -0.15) is 0 Å². The number of rotatable bonds is 8. The second-order valence-corrected chi connectivity index (χ2v) is 9.74. The van der Waals surface area contributed by atoms with Crippen molar-refractivity contribution in [2.24, 2.45) is 5.92 Å². The molecule has 1 saturated heterocycles. The Balaban J connectivity index is 1.19. The number of nitrogens with one attached hydrogen (secondary N) is 1. The number of ether oxygens (including phenoxy) is 3. The first-order valence-corrected chi connectivity index (χ1v) is 13.0. The highest BCUT2D eigenvalue weighted by Gasteiger charge is 2.37. The van der Waals surface area contributed by atoms with Crippen LogP contribution in [0.25, 0.3) is 0 Å². The van der Waals surface area contributed by atoms with E-state index in [-0.39, 0.29) is 24.6 Å². The summed E-state index contributed by atoms with van der Waals surface area (Å²) in [5.74, 6) is 2.60. The Kier molecular flexibility index (Phi) is 7.60. The number of hydrogen-bond donors (Lipinski definition) is 1. The highest BCUT2D eigenvalue weighted by Crippen LogP contribution is 2.34. The van der Waals surface area contributed by atoms with Gasteiger partial charge in [-0.3, -0.25) is 14.5 Å². The molecule has 2 heterocycles. The fourth-order valence-electron chi connectivity index (χ4n) is 5.70. The summed E-state index contributed by atoms with van der Waals surface area (Å²) >= 11 is 0. The van der Waals surface area contributed by atoms with Crippen LogP contribution in [0.15, 0.2) is 42.5 Å². The maximum Gasteiger partial charge on any atom is 0.254 e. The topological polar surface area (TPSA) is 80.3 Å². The van der Waals surface area contributed by atoms with E-state index in [0.29, 0.717) is 55.7 Å². The van der Waals surface area contributed by atoms with Crippen molar-refractivity contribution < 1.29 is 23.8 Å². The Bertz CT molecular complexity index is 1080. The molecule has 5 rings (SSSR count). The number of carbonyl (C=O) groups excluding carboxylic acids is 2. The molecule has 1 N–H and O–H groups in total. The molecule has 8 nitrogen and oxygen atoms in total. The predicted molar refractivity (Wildman–Crippen MR) is 135 cm³/mol. The second-order valence-electron chi connectivity index (χ2n) is 9.74. The highest BCUT2D eigenvalue weighted by atomic mass is 16.7. The van der Waals surface area contributed by atoms with Gasteiger partial charge in [-0.1, -0.05) is 31.0 Å². The molecule has 0 spiro atoms. The first kappa shape index (κ1) is 24.4. The van der Waals surface area contributed by atoms with Crippen LogP contribution in [0.2, 0.25) is 0 Å². The van der Waals surface area contributed by atoms with Gasteiger partial charge in [0.05, 0.1) is 13.2 Å². The molecular weight excluding hydrogens is 458 g/mol. The van der Waals surface area contributed by atoms with Crippen molar-refractivity contribution >= 4 is 11.8 Å². The summed E-state index contributed by atoms with van der Waals surface area (Å²) in [4.78, 5) is 30.7. The third kappa shape index (κ3) is 5.28. The monoisotopic (exact) mass is 493 g/mol. The van der Waals surface area contributed by atoms with Crippen molar-refractivity contribution in [1.29, 1.82) is 0 Å². The number of para-hydroxylation sites is 1. The van der Waals surface area contributed by atoms with Crippen molar-refractivity contribution in [1.82, 2.24) is 15.1 Å². The van der Waals surface area contributed by atoms with E-state index in [1.54, 1.807) is 25.3 Å². The summed E-state index contributed by atoms with van der Waals surface area (Å²) in [6, 6.07) is 13.1. The molecule has 2 aromatic rings. The van der Waals surface area contributed by atoms with Crippen LogP contribution in [-0.4, -0.2) is 74.3 Å². The fraction of sp³-hybridized carbons (Fsp3) is 0.500. The van der Waals surface area contributed by atoms with Crippen molar-refractivity contribution in [3.05, 3.63) is 53.6 Å². The Morgan fingerprint density at radius 1 is 1.03 bits per heavy atom. The molecule has 2 aliphatic heterocycles. The number of hydrogen-bond acceptors (Lipinski definition) is 6. The van der Waals surface area contributed by atoms with Gasteiger partial charge >= 0.3 is 0 Å². The molecule has 1 atom stereocenters. The lowest BCUT2D eigenvalue weighted by atomic mass is 9.94. The molecule has 192 valence electrons. The molecule has 1 unspecified atom stereocenters. The summed E-state index contributed by atoms with van der Waals surface area (Å²) in [6.45, 7) is 3.35. The molecule has 8 heteroatoms.